The van der Waals surface area contributed by atoms with Crippen LogP contribution in [0.2, 0.25) is 5.02 Å². The van der Waals surface area contributed by atoms with Crippen LogP contribution in [0.1, 0.15) is 35.5 Å². The van der Waals surface area contributed by atoms with Gasteiger partial charge in [0, 0.05) is 18.2 Å². The van der Waals surface area contributed by atoms with Gasteiger partial charge in [0.05, 0.1) is 23.7 Å². The summed E-state index contributed by atoms with van der Waals surface area (Å²) < 4.78 is 17.7. The van der Waals surface area contributed by atoms with E-state index < -0.39 is 16.6 Å². The lowest BCUT2D eigenvalue weighted by Gasteiger charge is -2.61. The number of hydrogen-bond acceptors (Lipinski definition) is 7. The highest BCUT2D eigenvalue weighted by molar-refractivity contribution is 6.30. The van der Waals surface area contributed by atoms with Gasteiger partial charge in [0.15, 0.2) is 5.78 Å². The molecular formula is C22H22ClN3O4. The van der Waals surface area contributed by atoms with Crippen LogP contribution in [0.25, 0.3) is 0 Å². The fourth-order valence-corrected chi connectivity index (χ4v) is 4.86. The van der Waals surface area contributed by atoms with Crippen molar-refractivity contribution in [3.8, 4) is 5.75 Å². The van der Waals surface area contributed by atoms with Crippen molar-refractivity contribution in [3.05, 3.63) is 58.4 Å². The molecule has 0 radical (unpaired) electrons. The van der Waals surface area contributed by atoms with E-state index in [2.05, 4.69) is 4.98 Å². The molecule has 8 heteroatoms. The lowest BCUT2D eigenvalue weighted by molar-refractivity contribution is -0.247. The Hall–Kier alpha value is -2.64. The number of carbonyl (C=O) groups excluding carboxylic acids is 1. The van der Waals surface area contributed by atoms with Crippen molar-refractivity contribution in [2.75, 3.05) is 19.8 Å². The number of hydrogen-bond donors (Lipinski definition) is 1. The van der Waals surface area contributed by atoms with Gasteiger partial charge in [0.1, 0.15) is 29.2 Å². The van der Waals surface area contributed by atoms with Crippen LogP contribution < -0.4 is 10.5 Å². The number of aromatic nitrogens is 1. The van der Waals surface area contributed by atoms with Crippen LogP contribution in [0.5, 0.6) is 5.75 Å². The van der Waals surface area contributed by atoms with Crippen LogP contribution in [-0.2, 0) is 21.4 Å². The second-order valence-electron chi connectivity index (χ2n) is 8.58. The quantitative estimate of drug-likeness (QED) is 0.756. The molecule has 5 rings (SSSR count). The lowest BCUT2D eigenvalue weighted by atomic mass is 9.55. The minimum absolute atomic E-state index is 0.0925. The first kappa shape index (κ1) is 19.3. The minimum Gasteiger partial charge on any atom is -0.487 e. The molecule has 3 aliphatic rings. The third-order valence-corrected chi connectivity index (χ3v) is 6.83. The summed E-state index contributed by atoms with van der Waals surface area (Å²) in [7, 11) is 0. The molecule has 0 bridgehead atoms. The van der Waals surface area contributed by atoms with Crippen LogP contribution in [0, 0.1) is 5.41 Å². The Balaban J connectivity index is 1.56. The molecule has 1 fully saturated rings. The van der Waals surface area contributed by atoms with Crippen molar-refractivity contribution >= 4 is 23.4 Å². The summed E-state index contributed by atoms with van der Waals surface area (Å²) in [5.74, 6) is 0.630. The summed E-state index contributed by atoms with van der Waals surface area (Å²) in [6.07, 6.45) is 1.67. The van der Waals surface area contributed by atoms with Gasteiger partial charge in [0.25, 0.3) is 6.02 Å². The molecule has 2 aromatic rings. The summed E-state index contributed by atoms with van der Waals surface area (Å²) in [6, 6.07) is 9.22. The van der Waals surface area contributed by atoms with Crippen molar-refractivity contribution in [2.24, 2.45) is 16.1 Å². The topological polar surface area (TPSA) is 96.0 Å². The van der Waals surface area contributed by atoms with Gasteiger partial charge in [0.2, 0.25) is 0 Å². The van der Waals surface area contributed by atoms with Crippen molar-refractivity contribution in [2.45, 2.75) is 31.4 Å². The summed E-state index contributed by atoms with van der Waals surface area (Å²) in [5, 5.41) is 0.492. The number of Topliss-reactive ketones (excluding diaryl/α,β-unsaturated/α-hetero) is 1. The van der Waals surface area contributed by atoms with Gasteiger partial charge < -0.3 is 19.9 Å². The Kier molecular flexibility index (Phi) is 4.14. The van der Waals surface area contributed by atoms with E-state index in [4.69, 9.17) is 36.5 Å². The summed E-state index contributed by atoms with van der Waals surface area (Å²) in [4.78, 5) is 21.6. The third-order valence-electron chi connectivity index (χ3n) is 6.60. The first-order valence-electron chi connectivity index (χ1n) is 9.79. The van der Waals surface area contributed by atoms with E-state index in [9.17, 15) is 4.79 Å². The first-order chi connectivity index (χ1) is 14.3. The van der Waals surface area contributed by atoms with Gasteiger partial charge in [-0.05, 0) is 43.7 Å². The molecule has 0 unspecified atom stereocenters. The van der Waals surface area contributed by atoms with Gasteiger partial charge in [-0.25, -0.2) is 4.99 Å². The lowest BCUT2D eigenvalue weighted by Crippen LogP contribution is -2.71. The number of carbonyl (C=O) groups is 1. The van der Waals surface area contributed by atoms with Crippen molar-refractivity contribution < 1.29 is 19.0 Å². The molecule has 1 saturated heterocycles. The van der Waals surface area contributed by atoms with E-state index >= 15 is 0 Å². The molecule has 156 valence electrons. The number of aliphatic imine (C=N–C) groups is 1. The number of ether oxygens (including phenoxy) is 3. The maximum Gasteiger partial charge on any atom is 0.283 e. The zero-order chi connectivity index (χ0) is 21.1. The average Bonchev–Trinajstić information content (AvgIpc) is 3.03. The largest absolute Gasteiger partial charge is 0.487 e. The standard InChI is InChI=1S/C22H22ClN3O4/c1-20(2)21(10-28-11-21)22(12-29-19(24)26-22)15-7-13(3-6-18(15)30-20)8-17(27)16-5-4-14(23)9-25-16/h3-7,9H,8,10-12H2,1-2H3,(H2,24,26)/t22-/m1/s1. The van der Waals surface area contributed by atoms with Gasteiger partial charge in [-0.1, -0.05) is 17.7 Å². The second-order valence-corrected chi connectivity index (χ2v) is 9.01. The van der Waals surface area contributed by atoms with E-state index in [1.54, 1.807) is 12.1 Å². The molecule has 7 nitrogen and oxygen atoms in total. The highest BCUT2D eigenvalue weighted by Gasteiger charge is 2.71. The van der Waals surface area contributed by atoms with Gasteiger partial charge in [-0.15, -0.1) is 0 Å². The molecule has 1 atom stereocenters. The molecule has 30 heavy (non-hydrogen) atoms. The molecule has 0 saturated carbocycles. The fraction of sp³-hybridized carbons (Fsp3) is 0.409. The summed E-state index contributed by atoms with van der Waals surface area (Å²) >= 11 is 5.87. The van der Waals surface area contributed by atoms with Crippen LogP contribution in [-0.4, -0.2) is 42.2 Å². The number of amidine groups is 1. The third kappa shape index (κ3) is 2.58. The summed E-state index contributed by atoms with van der Waals surface area (Å²) in [6.45, 7) is 5.41. The maximum atomic E-state index is 12.7. The molecule has 2 spiro atoms. The number of ketones is 1. The first-order valence-corrected chi connectivity index (χ1v) is 10.2. The number of halogens is 1. The van der Waals surface area contributed by atoms with Gasteiger partial charge >= 0.3 is 0 Å². The highest BCUT2D eigenvalue weighted by atomic mass is 35.5. The zero-order valence-corrected chi connectivity index (χ0v) is 17.5. The van der Waals surface area contributed by atoms with Gasteiger partial charge in [-0.3, -0.25) is 9.78 Å². The Morgan fingerprint density at radius 3 is 2.60 bits per heavy atom. The van der Waals surface area contributed by atoms with Crippen molar-refractivity contribution in [1.82, 2.24) is 4.98 Å². The molecule has 2 N–H and O–H groups in total. The summed E-state index contributed by atoms with van der Waals surface area (Å²) in [5.41, 5.74) is 6.40. The monoisotopic (exact) mass is 427 g/mol. The number of pyridine rings is 1. The van der Waals surface area contributed by atoms with Crippen LogP contribution in [0.15, 0.2) is 41.5 Å². The van der Waals surface area contributed by atoms with Crippen LogP contribution >= 0.6 is 11.6 Å². The molecule has 1 aromatic heterocycles. The van der Waals surface area contributed by atoms with Crippen molar-refractivity contribution in [3.63, 3.8) is 0 Å². The second kappa shape index (κ2) is 6.43. The molecule has 3 aliphatic heterocycles. The highest BCUT2D eigenvalue weighted by Crippen LogP contribution is 2.62. The van der Waals surface area contributed by atoms with E-state index in [1.807, 2.05) is 32.0 Å². The predicted octanol–water partition coefficient (Wildman–Crippen LogP) is 2.89. The molecular weight excluding hydrogens is 406 g/mol. The number of rotatable bonds is 3. The predicted molar refractivity (Wildman–Crippen MR) is 111 cm³/mol. The van der Waals surface area contributed by atoms with E-state index in [-0.39, 0.29) is 18.2 Å². The Labute approximate surface area is 179 Å². The Morgan fingerprint density at radius 1 is 1.20 bits per heavy atom. The number of fused-ring (bicyclic) bond motifs is 3. The van der Waals surface area contributed by atoms with E-state index in [0.29, 0.717) is 30.5 Å². The zero-order valence-electron chi connectivity index (χ0n) is 16.8. The van der Waals surface area contributed by atoms with E-state index in [0.717, 1.165) is 16.9 Å². The van der Waals surface area contributed by atoms with Crippen LogP contribution in [0.3, 0.4) is 0 Å². The smallest absolute Gasteiger partial charge is 0.283 e. The molecule has 0 amide bonds. The normalized spacial score (nSPS) is 25.1. The fourth-order valence-electron chi connectivity index (χ4n) is 4.75. The maximum absolute atomic E-state index is 12.7. The number of nitrogens with zero attached hydrogens (tertiary/aromatic N) is 2. The van der Waals surface area contributed by atoms with Gasteiger partial charge in [-0.2, -0.15) is 0 Å². The molecule has 1 aromatic carbocycles. The number of nitrogens with two attached hydrogens (primary N) is 1. The molecule has 0 aliphatic carbocycles. The van der Waals surface area contributed by atoms with Crippen molar-refractivity contribution in [1.29, 1.82) is 0 Å². The minimum atomic E-state index is -0.718. The van der Waals surface area contributed by atoms with E-state index in [1.165, 1.54) is 6.20 Å². The van der Waals surface area contributed by atoms with Crippen LogP contribution in [0.4, 0.5) is 0 Å². The Bertz CT molecular complexity index is 1060. The Morgan fingerprint density at radius 2 is 2.00 bits per heavy atom. The number of benzene rings is 1. The SMILES string of the molecule is CC1(C)Oc2ccc(CC(=O)c3ccc(Cl)cn3)cc2[C@]2(COC(N)=N2)C12COC2. The average molecular weight is 428 g/mol. The molecule has 4 heterocycles.